The van der Waals surface area contributed by atoms with Gasteiger partial charge in [0.15, 0.2) is 0 Å². The molecule has 0 N–H and O–H groups in total. The van der Waals surface area contributed by atoms with Crippen molar-refractivity contribution in [2.24, 2.45) is 0 Å². The number of thioether (sulfide) groups is 1. The van der Waals surface area contributed by atoms with Crippen molar-refractivity contribution in [2.45, 2.75) is 84.1 Å². The summed E-state index contributed by atoms with van der Waals surface area (Å²) >= 11 is 1.77. The minimum atomic E-state index is -1.16. The zero-order valence-electron chi connectivity index (χ0n) is 20.0. The Kier molecular flexibility index (Phi) is 14.8. The van der Waals surface area contributed by atoms with Gasteiger partial charge >= 0.3 is 0 Å². The third kappa shape index (κ3) is 10.6. The van der Waals surface area contributed by atoms with Gasteiger partial charge < -0.3 is 9.05 Å². The maximum atomic E-state index is 11.2. The van der Waals surface area contributed by atoms with Gasteiger partial charge in [0.1, 0.15) is 0 Å². The average molecular weight is 484 g/mol. The number of benzene rings is 1. The molecule has 0 aromatic heterocycles. The van der Waals surface area contributed by atoms with Gasteiger partial charge in [-0.3, -0.25) is 10.1 Å². The van der Waals surface area contributed by atoms with Crippen LogP contribution in [0.5, 0.6) is 0 Å². The van der Waals surface area contributed by atoms with Crippen molar-refractivity contribution in [2.75, 3.05) is 19.0 Å². The molecule has 0 saturated carbocycles. The van der Waals surface area contributed by atoms with Crippen LogP contribution in [0.15, 0.2) is 24.3 Å². The number of nitro groups is 1. The molecule has 0 radical (unpaired) electrons. The van der Waals surface area contributed by atoms with Crippen LogP contribution >= 0.6 is 20.3 Å². The summed E-state index contributed by atoms with van der Waals surface area (Å²) in [5, 5.41) is 20.1. The lowest BCUT2D eigenvalue weighted by molar-refractivity contribution is -0.385. The molecule has 2 unspecified atom stereocenters. The monoisotopic (exact) mass is 483 g/mol. The summed E-state index contributed by atoms with van der Waals surface area (Å²) in [5.41, 5.74) is 0.996. The van der Waals surface area contributed by atoms with Crippen molar-refractivity contribution in [3.8, 4) is 6.07 Å². The smallest absolute Gasteiger partial charge is 0.273 e. The molecule has 180 valence electrons. The lowest BCUT2D eigenvalue weighted by Crippen LogP contribution is -2.33. The first-order valence-electron chi connectivity index (χ1n) is 11.4. The van der Waals surface area contributed by atoms with Crippen molar-refractivity contribution >= 4 is 26.0 Å². The summed E-state index contributed by atoms with van der Waals surface area (Å²) in [4.78, 5) is 10.9. The number of para-hydroxylation sites is 1. The first-order valence-corrected chi connectivity index (χ1v) is 13.5. The Morgan fingerprint density at radius 3 is 2.31 bits per heavy atom. The van der Waals surface area contributed by atoms with E-state index in [4.69, 9.17) is 14.3 Å². The molecule has 9 heteroatoms. The van der Waals surface area contributed by atoms with E-state index in [9.17, 15) is 10.1 Å². The minimum absolute atomic E-state index is 0.104. The highest BCUT2D eigenvalue weighted by atomic mass is 32.2. The summed E-state index contributed by atoms with van der Waals surface area (Å²) in [6, 6.07) is 9.73. The molecule has 1 aromatic carbocycles. The SMILES string of the molecule is CC(SCCCCCCOP(OCCC#N)N(C(C)C)C(C)C)c1ccccc1[N+](=O)[O-]. The van der Waals surface area contributed by atoms with Gasteiger partial charge in [-0.2, -0.15) is 17.0 Å². The number of unbranched alkanes of at least 4 members (excludes halogenated alkanes) is 3. The van der Waals surface area contributed by atoms with Gasteiger partial charge in [0, 0.05) is 29.0 Å². The number of hydrogen-bond acceptors (Lipinski definition) is 7. The Morgan fingerprint density at radius 1 is 1.06 bits per heavy atom. The van der Waals surface area contributed by atoms with Gasteiger partial charge in [0.2, 0.25) is 0 Å². The molecule has 7 nitrogen and oxygen atoms in total. The fraction of sp³-hybridized carbons (Fsp3) is 0.696. The third-order valence-electron chi connectivity index (χ3n) is 4.84. The van der Waals surface area contributed by atoms with Crippen LogP contribution in [0.25, 0.3) is 0 Å². The van der Waals surface area contributed by atoms with Crippen LogP contribution in [0.1, 0.15) is 77.5 Å². The maximum absolute atomic E-state index is 11.2. The van der Waals surface area contributed by atoms with Crippen LogP contribution < -0.4 is 0 Å². The number of hydrogen-bond donors (Lipinski definition) is 0. The molecular formula is C23H38N3O4PS. The lowest BCUT2D eigenvalue weighted by Gasteiger charge is -2.35. The largest absolute Gasteiger partial charge is 0.322 e. The van der Waals surface area contributed by atoms with Crippen LogP contribution in [0, 0.1) is 21.4 Å². The van der Waals surface area contributed by atoms with Gasteiger partial charge in [0.05, 0.1) is 30.6 Å². The van der Waals surface area contributed by atoms with Gasteiger partial charge in [0.25, 0.3) is 14.2 Å². The quantitative estimate of drug-likeness (QED) is 0.0998. The third-order valence-corrected chi connectivity index (χ3v) is 8.23. The van der Waals surface area contributed by atoms with Crippen molar-refractivity contribution in [3.05, 3.63) is 39.9 Å². The number of nitrogens with zero attached hydrogens (tertiary/aromatic N) is 3. The molecule has 1 aromatic rings. The minimum Gasteiger partial charge on any atom is -0.322 e. The van der Waals surface area contributed by atoms with E-state index < -0.39 is 8.53 Å². The normalized spacial score (nSPS) is 13.5. The predicted molar refractivity (Wildman–Crippen MR) is 134 cm³/mol. The molecule has 2 atom stereocenters. The molecule has 0 amide bonds. The summed E-state index contributed by atoms with van der Waals surface area (Å²) in [6.07, 6.45) is 4.59. The zero-order chi connectivity index (χ0) is 23.9. The van der Waals surface area contributed by atoms with Crippen molar-refractivity contribution < 1.29 is 14.0 Å². The van der Waals surface area contributed by atoms with Crippen LogP contribution in [0.4, 0.5) is 5.69 Å². The molecule has 0 fully saturated rings. The van der Waals surface area contributed by atoms with E-state index in [1.807, 2.05) is 19.1 Å². The molecule has 0 spiro atoms. The molecule has 0 bridgehead atoms. The predicted octanol–water partition coefficient (Wildman–Crippen LogP) is 7.24. The van der Waals surface area contributed by atoms with E-state index in [2.05, 4.69) is 38.4 Å². The van der Waals surface area contributed by atoms with E-state index in [1.165, 1.54) is 0 Å². The van der Waals surface area contributed by atoms with Gasteiger partial charge in [-0.05, 0) is 53.2 Å². The Morgan fingerprint density at radius 2 is 1.69 bits per heavy atom. The van der Waals surface area contributed by atoms with E-state index in [0.29, 0.717) is 31.7 Å². The van der Waals surface area contributed by atoms with Gasteiger partial charge in [-0.15, -0.1) is 0 Å². The fourth-order valence-corrected chi connectivity index (χ4v) is 6.09. The second-order valence-electron chi connectivity index (χ2n) is 8.12. The Labute approximate surface area is 199 Å². The number of nitro benzene ring substituents is 1. The van der Waals surface area contributed by atoms with E-state index in [0.717, 1.165) is 37.0 Å². The van der Waals surface area contributed by atoms with Crippen LogP contribution in [0.3, 0.4) is 0 Å². The summed E-state index contributed by atoms with van der Waals surface area (Å²) in [7, 11) is -1.16. The van der Waals surface area contributed by atoms with Crippen LogP contribution in [-0.4, -0.2) is 40.6 Å². The Bertz CT molecular complexity index is 707. The van der Waals surface area contributed by atoms with Crippen LogP contribution in [-0.2, 0) is 9.05 Å². The summed E-state index contributed by atoms with van der Waals surface area (Å²) < 4.78 is 14.2. The van der Waals surface area contributed by atoms with Crippen molar-refractivity contribution in [1.29, 1.82) is 5.26 Å². The van der Waals surface area contributed by atoms with Gasteiger partial charge in [-0.25, -0.2) is 4.67 Å². The van der Waals surface area contributed by atoms with E-state index >= 15 is 0 Å². The maximum Gasteiger partial charge on any atom is 0.273 e. The fourth-order valence-electron chi connectivity index (χ4n) is 3.36. The summed E-state index contributed by atoms with van der Waals surface area (Å²) in [5.74, 6) is 0.979. The second kappa shape index (κ2) is 16.4. The molecule has 0 aliphatic carbocycles. The van der Waals surface area contributed by atoms with Crippen molar-refractivity contribution in [1.82, 2.24) is 4.67 Å². The highest BCUT2D eigenvalue weighted by Crippen LogP contribution is 2.46. The van der Waals surface area contributed by atoms with E-state index in [-0.39, 0.29) is 15.9 Å². The van der Waals surface area contributed by atoms with E-state index in [1.54, 1.807) is 23.9 Å². The molecular weight excluding hydrogens is 445 g/mol. The molecule has 0 aliphatic heterocycles. The molecule has 0 saturated heterocycles. The zero-order valence-corrected chi connectivity index (χ0v) is 21.7. The number of rotatable bonds is 17. The first kappa shape index (κ1) is 28.8. The van der Waals surface area contributed by atoms with Gasteiger partial charge in [-0.1, -0.05) is 31.0 Å². The molecule has 32 heavy (non-hydrogen) atoms. The molecule has 1 rings (SSSR count). The number of nitriles is 1. The highest BCUT2D eigenvalue weighted by Gasteiger charge is 2.26. The Balaban J connectivity index is 2.32. The lowest BCUT2D eigenvalue weighted by atomic mass is 10.1. The Hall–Kier alpha value is -1.23. The van der Waals surface area contributed by atoms with Crippen LogP contribution in [0.2, 0.25) is 0 Å². The summed E-state index contributed by atoms with van der Waals surface area (Å²) in [6.45, 7) is 11.6. The first-order chi connectivity index (χ1) is 15.3. The highest BCUT2D eigenvalue weighted by molar-refractivity contribution is 7.99. The topological polar surface area (TPSA) is 88.6 Å². The average Bonchev–Trinajstić information content (AvgIpc) is 2.74. The molecule has 0 aliphatic rings. The molecule has 0 heterocycles. The standard InChI is InChI=1S/C23H38N3O4PS/c1-19(2)25(20(3)4)31(30-17-12-15-24)29-16-10-6-7-11-18-32-21(5)22-13-8-9-14-23(22)26(27)28/h8-9,13-14,19-21H,6-7,10-12,16-18H2,1-5H3. The second-order valence-corrected chi connectivity index (χ2v) is 11.0. The van der Waals surface area contributed by atoms with Crippen molar-refractivity contribution in [3.63, 3.8) is 0 Å².